The Morgan fingerprint density at radius 2 is 1.79 bits per heavy atom. The minimum absolute atomic E-state index is 0.165. The van der Waals surface area contributed by atoms with Gasteiger partial charge in [-0.3, -0.25) is 0 Å². The molecule has 0 aliphatic carbocycles. The maximum atomic E-state index is 12.5. The van der Waals surface area contributed by atoms with Crippen LogP contribution in [0.2, 0.25) is 5.02 Å². The van der Waals surface area contributed by atoms with Gasteiger partial charge in [-0.15, -0.1) is 0 Å². The zero-order valence-corrected chi connectivity index (χ0v) is 16.8. The molecule has 3 aromatic rings. The molecule has 0 radical (unpaired) electrons. The van der Waals surface area contributed by atoms with Gasteiger partial charge in [-0.05, 0) is 50.2 Å². The normalized spacial score (nSPS) is 10.6. The molecule has 5 nitrogen and oxygen atoms in total. The molecule has 0 spiro atoms. The first-order valence-electron chi connectivity index (χ1n) is 8.89. The van der Waals surface area contributed by atoms with Crippen LogP contribution >= 0.6 is 11.6 Å². The van der Waals surface area contributed by atoms with Gasteiger partial charge in [-0.2, -0.15) is 0 Å². The highest BCUT2D eigenvalue weighted by Crippen LogP contribution is 2.30. The van der Waals surface area contributed by atoms with Crippen molar-refractivity contribution in [3.63, 3.8) is 0 Å². The minimum Gasteiger partial charge on any atom is -0.495 e. The fourth-order valence-electron chi connectivity index (χ4n) is 3.07. The van der Waals surface area contributed by atoms with Crippen LogP contribution in [-0.2, 0) is 4.74 Å². The Morgan fingerprint density at radius 1 is 1.04 bits per heavy atom. The third-order valence-corrected chi connectivity index (χ3v) is 4.60. The average molecular weight is 400 g/mol. The van der Waals surface area contributed by atoms with E-state index in [0.717, 1.165) is 22.8 Å². The predicted octanol–water partition coefficient (Wildman–Crippen LogP) is 4.99. The lowest BCUT2D eigenvalue weighted by Gasteiger charge is -2.14. The number of para-hydroxylation sites is 1. The molecule has 1 aromatic heterocycles. The number of hydrogen-bond donors (Lipinski definition) is 0. The number of methoxy groups -OCH3 is 1. The summed E-state index contributed by atoms with van der Waals surface area (Å²) in [5.41, 5.74) is 2.91. The highest BCUT2D eigenvalue weighted by atomic mass is 35.5. The second-order valence-corrected chi connectivity index (χ2v) is 6.67. The molecule has 28 heavy (non-hydrogen) atoms. The van der Waals surface area contributed by atoms with Crippen LogP contribution in [0.25, 0.3) is 5.69 Å². The number of carbonyl (C=O) groups excluding carboxylic acids is 1. The van der Waals surface area contributed by atoms with E-state index in [-0.39, 0.29) is 13.2 Å². The summed E-state index contributed by atoms with van der Waals surface area (Å²) in [4.78, 5) is 12.5. The highest BCUT2D eigenvalue weighted by Gasteiger charge is 2.20. The molecule has 0 bridgehead atoms. The van der Waals surface area contributed by atoms with Gasteiger partial charge in [0.1, 0.15) is 24.7 Å². The van der Waals surface area contributed by atoms with Gasteiger partial charge in [-0.1, -0.05) is 29.8 Å². The molecule has 0 N–H and O–H groups in total. The number of esters is 1. The van der Waals surface area contributed by atoms with Gasteiger partial charge in [0.05, 0.1) is 18.4 Å². The number of hydrogen-bond acceptors (Lipinski definition) is 4. The Hall–Kier alpha value is -2.92. The molecule has 0 saturated heterocycles. The van der Waals surface area contributed by atoms with E-state index < -0.39 is 5.97 Å². The molecule has 0 amide bonds. The molecule has 3 rings (SSSR count). The quantitative estimate of drug-likeness (QED) is 0.414. The van der Waals surface area contributed by atoms with Crippen LogP contribution in [0.4, 0.5) is 0 Å². The smallest absolute Gasteiger partial charge is 0.340 e. The van der Waals surface area contributed by atoms with Crippen LogP contribution in [-0.4, -0.2) is 30.9 Å². The summed E-state index contributed by atoms with van der Waals surface area (Å²) in [6.07, 6.45) is 0. The van der Waals surface area contributed by atoms with Crippen molar-refractivity contribution in [3.05, 3.63) is 76.6 Å². The van der Waals surface area contributed by atoms with E-state index in [1.165, 1.54) is 0 Å². The molecule has 0 aliphatic heterocycles. The first-order valence-corrected chi connectivity index (χ1v) is 9.27. The van der Waals surface area contributed by atoms with Gasteiger partial charge in [0, 0.05) is 16.4 Å². The fraction of sp³-hybridized carbons (Fsp3) is 0.227. The summed E-state index contributed by atoms with van der Waals surface area (Å²) in [7, 11) is 1.60. The molecular weight excluding hydrogens is 378 g/mol. The van der Waals surface area contributed by atoms with Gasteiger partial charge in [0.15, 0.2) is 0 Å². The summed E-state index contributed by atoms with van der Waals surface area (Å²) in [5.74, 6) is 1.02. The van der Waals surface area contributed by atoms with E-state index in [4.69, 9.17) is 25.8 Å². The van der Waals surface area contributed by atoms with E-state index in [1.54, 1.807) is 25.3 Å². The molecule has 2 aromatic carbocycles. The maximum absolute atomic E-state index is 12.5. The lowest BCUT2D eigenvalue weighted by atomic mass is 10.2. The largest absolute Gasteiger partial charge is 0.495 e. The van der Waals surface area contributed by atoms with E-state index in [2.05, 4.69) is 0 Å². The lowest BCUT2D eigenvalue weighted by Crippen LogP contribution is -2.13. The molecule has 0 fully saturated rings. The zero-order valence-electron chi connectivity index (χ0n) is 16.1. The minimum atomic E-state index is -0.392. The molecule has 0 aliphatic rings. The van der Waals surface area contributed by atoms with Crippen molar-refractivity contribution in [1.82, 2.24) is 4.57 Å². The van der Waals surface area contributed by atoms with Crippen molar-refractivity contribution in [2.45, 2.75) is 13.8 Å². The van der Waals surface area contributed by atoms with Gasteiger partial charge in [-0.25, -0.2) is 4.79 Å². The Balaban J connectivity index is 1.72. The van der Waals surface area contributed by atoms with Crippen LogP contribution in [0.15, 0.2) is 54.6 Å². The topological polar surface area (TPSA) is 49.7 Å². The summed E-state index contributed by atoms with van der Waals surface area (Å²) in [5, 5.41) is 0.588. The highest BCUT2D eigenvalue weighted by molar-refractivity contribution is 6.30. The van der Waals surface area contributed by atoms with Crippen LogP contribution < -0.4 is 9.47 Å². The maximum Gasteiger partial charge on any atom is 0.340 e. The monoisotopic (exact) mass is 399 g/mol. The fourth-order valence-corrected chi connectivity index (χ4v) is 3.23. The van der Waals surface area contributed by atoms with Crippen molar-refractivity contribution >= 4 is 17.6 Å². The first-order chi connectivity index (χ1) is 13.5. The summed E-state index contributed by atoms with van der Waals surface area (Å²) >= 11 is 6.16. The van der Waals surface area contributed by atoms with E-state index in [1.807, 2.05) is 54.8 Å². The Labute approximate surface area is 169 Å². The molecule has 1 heterocycles. The molecule has 0 unspecified atom stereocenters. The molecular formula is C22H22ClNO4. The van der Waals surface area contributed by atoms with Crippen molar-refractivity contribution < 1.29 is 19.0 Å². The van der Waals surface area contributed by atoms with Crippen LogP contribution in [0.3, 0.4) is 0 Å². The number of halogens is 1. The van der Waals surface area contributed by atoms with Crippen LogP contribution in [0.1, 0.15) is 21.7 Å². The van der Waals surface area contributed by atoms with Crippen LogP contribution in [0.5, 0.6) is 11.5 Å². The number of aryl methyl sites for hydroxylation is 1. The number of benzene rings is 2. The zero-order chi connectivity index (χ0) is 20.1. The number of carbonyl (C=O) groups is 1. The van der Waals surface area contributed by atoms with E-state index in [0.29, 0.717) is 16.3 Å². The summed E-state index contributed by atoms with van der Waals surface area (Å²) < 4.78 is 18.3. The lowest BCUT2D eigenvalue weighted by molar-refractivity contribution is 0.0449. The first kappa shape index (κ1) is 19.8. The molecule has 0 atom stereocenters. The number of aromatic nitrogens is 1. The van der Waals surface area contributed by atoms with Crippen LogP contribution in [0, 0.1) is 13.8 Å². The second-order valence-electron chi connectivity index (χ2n) is 6.23. The second kappa shape index (κ2) is 8.85. The van der Waals surface area contributed by atoms with Crippen molar-refractivity contribution in [1.29, 1.82) is 0 Å². The number of rotatable bonds is 7. The van der Waals surface area contributed by atoms with Gasteiger partial charge in [0.2, 0.25) is 0 Å². The van der Waals surface area contributed by atoms with Gasteiger partial charge >= 0.3 is 5.97 Å². The molecule has 6 heteroatoms. The van der Waals surface area contributed by atoms with Gasteiger partial charge < -0.3 is 18.8 Å². The Bertz CT molecular complexity index is 966. The Kier molecular flexibility index (Phi) is 6.26. The standard InChI is InChI=1S/C22H22ClNO4/c1-15-13-19(22(25)28-12-11-27-18-7-5-4-6-8-18)16(2)24(15)20-14-17(23)9-10-21(20)26-3/h4-10,13-14H,11-12H2,1-3H3. The summed E-state index contributed by atoms with van der Waals surface area (Å²) in [6, 6.07) is 16.6. The SMILES string of the molecule is COc1ccc(Cl)cc1-n1c(C)cc(C(=O)OCCOc2ccccc2)c1C. The molecule has 146 valence electrons. The molecule has 0 saturated carbocycles. The third-order valence-electron chi connectivity index (χ3n) is 4.36. The van der Waals surface area contributed by atoms with E-state index in [9.17, 15) is 4.79 Å². The third kappa shape index (κ3) is 4.31. The number of nitrogens with zero attached hydrogens (tertiary/aromatic N) is 1. The average Bonchev–Trinajstić information content (AvgIpc) is 3.00. The number of ether oxygens (including phenoxy) is 3. The predicted molar refractivity (Wildman–Crippen MR) is 109 cm³/mol. The van der Waals surface area contributed by atoms with Crippen molar-refractivity contribution in [3.8, 4) is 17.2 Å². The van der Waals surface area contributed by atoms with Crippen molar-refractivity contribution in [2.24, 2.45) is 0 Å². The van der Waals surface area contributed by atoms with E-state index >= 15 is 0 Å². The van der Waals surface area contributed by atoms with Gasteiger partial charge in [0.25, 0.3) is 0 Å². The Morgan fingerprint density at radius 3 is 2.50 bits per heavy atom. The summed E-state index contributed by atoms with van der Waals surface area (Å²) in [6.45, 7) is 4.24. The van der Waals surface area contributed by atoms with Crippen molar-refractivity contribution in [2.75, 3.05) is 20.3 Å².